The van der Waals surface area contributed by atoms with E-state index in [2.05, 4.69) is 4.98 Å². The van der Waals surface area contributed by atoms with Gasteiger partial charge in [0.1, 0.15) is 0 Å². The normalized spacial score (nSPS) is 15.4. The lowest BCUT2D eigenvalue weighted by Gasteiger charge is -2.19. The number of carbonyl (C=O) groups excluding carboxylic acids is 1. The third-order valence-electron chi connectivity index (χ3n) is 4.19. The number of halogens is 1. The number of aromatic nitrogens is 1. The van der Waals surface area contributed by atoms with E-state index < -0.39 is 0 Å². The Morgan fingerprint density at radius 2 is 1.83 bits per heavy atom. The molecule has 23 heavy (non-hydrogen) atoms. The summed E-state index contributed by atoms with van der Waals surface area (Å²) in [5.74, 6) is 1.52. The fourth-order valence-corrected chi connectivity index (χ4v) is 2.99. The van der Waals surface area contributed by atoms with Crippen molar-refractivity contribution < 1.29 is 9.21 Å². The number of likely N-dealkylation sites (tertiary alicyclic amines) is 1. The summed E-state index contributed by atoms with van der Waals surface area (Å²) in [7, 11) is 0. The molecule has 2 aromatic rings. The lowest BCUT2D eigenvalue weighted by molar-refractivity contribution is -0.131. The quantitative estimate of drug-likeness (QED) is 0.837. The van der Waals surface area contributed by atoms with Crippen molar-refractivity contribution in [1.82, 2.24) is 9.88 Å². The van der Waals surface area contributed by atoms with Crippen LogP contribution in [0, 0.1) is 0 Å². The van der Waals surface area contributed by atoms with Crippen LogP contribution in [0.1, 0.15) is 38.0 Å². The van der Waals surface area contributed by atoms with E-state index in [-0.39, 0.29) is 5.91 Å². The average molecular weight is 333 g/mol. The van der Waals surface area contributed by atoms with Gasteiger partial charge in [-0.1, -0.05) is 24.4 Å². The maximum Gasteiger partial charge on any atom is 0.223 e. The van der Waals surface area contributed by atoms with Crippen molar-refractivity contribution in [3.8, 4) is 11.3 Å². The monoisotopic (exact) mass is 332 g/mol. The zero-order chi connectivity index (χ0) is 16.1. The highest BCUT2D eigenvalue weighted by molar-refractivity contribution is 6.30. The molecule has 3 rings (SSSR count). The van der Waals surface area contributed by atoms with E-state index in [0.29, 0.717) is 29.5 Å². The van der Waals surface area contributed by atoms with Gasteiger partial charge in [-0.15, -0.1) is 0 Å². The predicted octanol–water partition coefficient (Wildman–Crippen LogP) is 4.33. The van der Waals surface area contributed by atoms with Crippen molar-refractivity contribution in [2.75, 3.05) is 13.1 Å². The number of benzene rings is 1. The van der Waals surface area contributed by atoms with Gasteiger partial charge in [-0.25, -0.2) is 4.98 Å². The van der Waals surface area contributed by atoms with Crippen LogP contribution >= 0.6 is 11.6 Å². The second kappa shape index (κ2) is 7.64. The van der Waals surface area contributed by atoms with E-state index in [1.165, 1.54) is 12.8 Å². The molecule has 1 aliphatic rings. The Balaban J connectivity index is 1.56. The van der Waals surface area contributed by atoms with E-state index in [1.54, 1.807) is 6.20 Å². The van der Waals surface area contributed by atoms with E-state index >= 15 is 0 Å². The third kappa shape index (κ3) is 4.35. The molecule has 1 aromatic heterocycles. The smallest absolute Gasteiger partial charge is 0.223 e. The molecule has 1 fully saturated rings. The largest absolute Gasteiger partial charge is 0.441 e. The van der Waals surface area contributed by atoms with Crippen molar-refractivity contribution in [3.05, 3.63) is 41.4 Å². The molecule has 0 N–H and O–H groups in total. The molecule has 0 atom stereocenters. The van der Waals surface area contributed by atoms with Crippen molar-refractivity contribution >= 4 is 17.5 Å². The zero-order valence-corrected chi connectivity index (χ0v) is 13.9. The summed E-state index contributed by atoms with van der Waals surface area (Å²) < 4.78 is 5.75. The Hall–Kier alpha value is -1.81. The van der Waals surface area contributed by atoms with Crippen LogP contribution in [-0.2, 0) is 11.2 Å². The standard InChI is InChI=1S/C18H21ClN2O2/c19-15-7-5-14(6-8-15)16-13-20-17(23-16)9-10-18(22)21-11-3-1-2-4-12-21/h5-8,13H,1-4,9-12H2. The average Bonchev–Trinajstić information content (AvgIpc) is 2.86. The summed E-state index contributed by atoms with van der Waals surface area (Å²) in [6.45, 7) is 1.78. The molecule has 0 aliphatic carbocycles. The molecule has 122 valence electrons. The fraction of sp³-hybridized carbons (Fsp3) is 0.444. The first kappa shape index (κ1) is 16.1. The Morgan fingerprint density at radius 1 is 1.13 bits per heavy atom. The fourth-order valence-electron chi connectivity index (χ4n) is 2.87. The molecule has 1 aliphatic heterocycles. The second-order valence-electron chi connectivity index (χ2n) is 5.92. The summed E-state index contributed by atoms with van der Waals surface area (Å²) in [4.78, 5) is 18.5. The van der Waals surface area contributed by atoms with Crippen LogP contribution in [0.25, 0.3) is 11.3 Å². The van der Waals surface area contributed by atoms with Gasteiger partial charge in [0.25, 0.3) is 0 Å². The first-order valence-corrected chi connectivity index (χ1v) is 8.58. The lowest BCUT2D eigenvalue weighted by atomic mass is 10.2. The Labute approximate surface area is 141 Å². The molecule has 1 amide bonds. The van der Waals surface area contributed by atoms with E-state index in [1.807, 2.05) is 29.2 Å². The van der Waals surface area contributed by atoms with Crippen LogP contribution in [0.4, 0.5) is 0 Å². The Morgan fingerprint density at radius 3 is 2.52 bits per heavy atom. The van der Waals surface area contributed by atoms with Crippen LogP contribution < -0.4 is 0 Å². The highest BCUT2D eigenvalue weighted by Crippen LogP contribution is 2.23. The summed E-state index contributed by atoms with van der Waals surface area (Å²) in [5.41, 5.74) is 0.937. The molecule has 2 heterocycles. The molecule has 0 spiro atoms. The molecule has 0 saturated carbocycles. The summed E-state index contributed by atoms with van der Waals surface area (Å²) in [6.07, 6.45) is 7.40. The number of hydrogen-bond donors (Lipinski definition) is 0. The summed E-state index contributed by atoms with van der Waals surface area (Å²) >= 11 is 5.89. The SMILES string of the molecule is O=C(CCc1ncc(-c2ccc(Cl)cc2)o1)N1CCCCCC1. The van der Waals surface area contributed by atoms with Gasteiger partial charge >= 0.3 is 0 Å². The van der Waals surface area contributed by atoms with Gasteiger partial charge in [-0.05, 0) is 37.1 Å². The number of amides is 1. The number of oxazole rings is 1. The Bertz CT molecular complexity index is 643. The first-order chi connectivity index (χ1) is 11.2. The second-order valence-corrected chi connectivity index (χ2v) is 6.36. The molecule has 4 nitrogen and oxygen atoms in total. The molecule has 0 unspecified atom stereocenters. The number of carbonyl (C=O) groups is 1. The van der Waals surface area contributed by atoms with Crippen LogP contribution in [-0.4, -0.2) is 28.9 Å². The van der Waals surface area contributed by atoms with Crippen molar-refractivity contribution in [2.24, 2.45) is 0 Å². The van der Waals surface area contributed by atoms with Gasteiger partial charge in [-0.2, -0.15) is 0 Å². The van der Waals surface area contributed by atoms with Crippen LogP contribution in [0.2, 0.25) is 5.02 Å². The number of rotatable bonds is 4. The maximum absolute atomic E-state index is 12.3. The van der Waals surface area contributed by atoms with Gasteiger partial charge in [0, 0.05) is 36.5 Å². The zero-order valence-electron chi connectivity index (χ0n) is 13.1. The molecular weight excluding hydrogens is 312 g/mol. The van der Waals surface area contributed by atoms with E-state index in [0.717, 1.165) is 31.5 Å². The van der Waals surface area contributed by atoms with Gasteiger partial charge in [0.05, 0.1) is 6.20 Å². The highest BCUT2D eigenvalue weighted by atomic mass is 35.5. The molecular formula is C18H21ClN2O2. The highest BCUT2D eigenvalue weighted by Gasteiger charge is 2.16. The summed E-state index contributed by atoms with van der Waals surface area (Å²) in [5, 5.41) is 0.691. The van der Waals surface area contributed by atoms with Crippen LogP contribution in [0.15, 0.2) is 34.9 Å². The van der Waals surface area contributed by atoms with Crippen LogP contribution in [0.5, 0.6) is 0 Å². The van der Waals surface area contributed by atoms with Gasteiger partial charge in [0.15, 0.2) is 11.7 Å². The molecule has 5 heteroatoms. The minimum Gasteiger partial charge on any atom is -0.441 e. The molecule has 1 aromatic carbocycles. The molecule has 1 saturated heterocycles. The number of hydrogen-bond acceptors (Lipinski definition) is 3. The predicted molar refractivity (Wildman–Crippen MR) is 90.3 cm³/mol. The van der Waals surface area contributed by atoms with Crippen molar-refractivity contribution in [1.29, 1.82) is 0 Å². The summed E-state index contributed by atoms with van der Waals surface area (Å²) in [6, 6.07) is 7.44. The maximum atomic E-state index is 12.3. The minimum atomic E-state index is 0.207. The lowest BCUT2D eigenvalue weighted by Crippen LogP contribution is -2.31. The van der Waals surface area contributed by atoms with Crippen molar-refractivity contribution in [3.63, 3.8) is 0 Å². The van der Waals surface area contributed by atoms with Gasteiger partial charge in [0.2, 0.25) is 5.91 Å². The third-order valence-corrected chi connectivity index (χ3v) is 4.45. The van der Waals surface area contributed by atoms with E-state index in [4.69, 9.17) is 16.0 Å². The van der Waals surface area contributed by atoms with Gasteiger partial charge < -0.3 is 9.32 Å². The Kier molecular flexibility index (Phi) is 5.34. The van der Waals surface area contributed by atoms with E-state index in [9.17, 15) is 4.79 Å². The number of nitrogens with zero attached hydrogens (tertiary/aromatic N) is 2. The number of aryl methyl sites for hydroxylation is 1. The minimum absolute atomic E-state index is 0.207. The topological polar surface area (TPSA) is 46.3 Å². The van der Waals surface area contributed by atoms with Crippen molar-refractivity contribution in [2.45, 2.75) is 38.5 Å². The molecule has 0 radical (unpaired) electrons. The van der Waals surface area contributed by atoms with Crippen LogP contribution in [0.3, 0.4) is 0 Å². The van der Waals surface area contributed by atoms with Gasteiger partial charge in [-0.3, -0.25) is 4.79 Å². The molecule has 0 bridgehead atoms. The first-order valence-electron chi connectivity index (χ1n) is 8.21.